The van der Waals surface area contributed by atoms with Crippen molar-refractivity contribution in [2.24, 2.45) is 0 Å². The van der Waals surface area contributed by atoms with Crippen molar-refractivity contribution in [1.29, 1.82) is 0 Å². The minimum Gasteiger partial charge on any atom is -0.494 e. The van der Waals surface area contributed by atoms with Crippen molar-refractivity contribution in [3.8, 4) is 5.75 Å². The van der Waals surface area contributed by atoms with Crippen molar-refractivity contribution < 1.29 is 14.5 Å². The van der Waals surface area contributed by atoms with E-state index in [4.69, 9.17) is 16.3 Å². The van der Waals surface area contributed by atoms with Gasteiger partial charge in [-0.25, -0.2) is 0 Å². The molecule has 0 aromatic heterocycles. The van der Waals surface area contributed by atoms with Crippen LogP contribution in [0.25, 0.3) is 0 Å². The second-order valence-corrected chi connectivity index (χ2v) is 4.74. The number of nitrogens with zero attached hydrogens (tertiary/aromatic N) is 1. The highest BCUT2D eigenvalue weighted by Gasteiger charge is 2.13. The first-order chi connectivity index (χ1) is 10.5. The van der Waals surface area contributed by atoms with Crippen LogP contribution in [0.3, 0.4) is 0 Å². The number of carbonyl (C=O) groups excluding carboxylic acids is 1. The van der Waals surface area contributed by atoms with Crippen molar-refractivity contribution in [1.82, 2.24) is 0 Å². The van der Waals surface area contributed by atoms with Gasteiger partial charge in [-0.1, -0.05) is 17.7 Å². The molecule has 22 heavy (non-hydrogen) atoms. The van der Waals surface area contributed by atoms with Crippen molar-refractivity contribution in [2.75, 3.05) is 11.9 Å². The summed E-state index contributed by atoms with van der Waals surface area (Å²) in [6, 6.07) is 10.5. The summed E-state index contributed by atoms with van der Waals surface area (Å²) < 4.78 is 5.33. The number of hydrogen-bond donors (Lipinski definition) is 1. The van der Waals surface area contributed by atoms with Gasteiger partial charge in [0.15, 0.2) is 0 Å². The molecule has 0 heterocycles. The maximum absolute atomic E-state index is 12.2. The van der Waals surface area contributed by atoms with Crippen LogP contribution in [0.5, 0.6) is 5.75 Å². The van der Waals surface area contributed by atoms with E-state index in [1.165, 1.54) is 18.2 Å². The Hall–Kier alpha value is -2.60. The Kier molecular flexibility index (Phi) is 4.95. The van der Waals surface area contributed by atoms with Crippen LogP contribution in [0.4, 0.5) is 11.4 Å². The largest absolute Gasteiger partial charge is 0.494 e. The Morgan fingerprint density at radius 1 is 1.32 bits per heavy atom. The zero-order valence-corrected chi connectivity index (χ0v) is 12.5. The Morgan fingerprint density at radius 3 is 2.77 bits per heavy atom. The Balaban J connectivity index is 2.23. The summed E-state index contributed by atoms with van der Waals surface area (Å²) in [7, 11) is 0. The number of nitrogens with one attached hydrogen (secondary N) is 1. The minimum atomic E-state index is -0.554. The van der Waals surface area contributed by atoms with Gasteiger partial charge in [-0.05, 0) is 31.2 Å². The standard InChI is InChI=1S/C15H13ClN2O4/c1-2-22-12-5-3-4-10(8-12)15(19)17-14-9-11(18(20)21)6-7-13(14)16/h3-9H,2H2,1H3,(H,17,19). The third-order valence-electron chi connectivity index (χ3n) is 2.82. The summed E-state index contributed by atoms with van der Waals surface area (Å²) in [4.78, 5) is 22.4. The van der Waals surface area contributed by atoms with Crippen molar-refractivity contribution in [2.45, 2.75) is 6.92 Å². The molecule has 0 aliphatic rings. The maximum atomic E-state index is 12.2. The Bertz CT molecular complexity index is 718. The molecule has 2 aromatic carbocycles. The molecule has 2 rings (SSSR count). The molecule has 2 aromatic rings. The second-order valence-electron chi connectivity index (χ2n) is 4.34. The highest BCUT2D eigenvalue weighted by Crippen LogP contribution is 2.27. The number of amides is 1. The summed E-state index contributed by atoms with van der Waals surface area (Å²) in [5, 5.41) is 13.6. The number of nitro benzene ring substituents is 1. The third kappa shape index (κ3) is 3.73. The van der Waals surface area contributed by atoms with E-state index in [9.17, 15) is 14.9 Å². The fourth-order valence-corrected chi connectivity index (χ4v) is 1.98. The van der Waals surface area contributed by atoms with E-state index in [-0.39, 0.29) is 16.4 Å². The van der Waals surface area contributed by atoms with E-state index in [1.54, 1.807) is 24.3 Å². The topological polar surface area (TPSA) is 81.5 Å². The third-order valence-corrected chi connectivity index (χ3v) is 3.15. The van der Waals surface area contributed by atoms with E-state index < -0.39 is 10.8 Å². The predicted molar refractivity (Wildman–Crippen MR) is 83.7 cm³/mol. The second kappa shape index (κ2) is 6.91. The van der Waals surface area contributed by atoms with Crippen LogP contribution in [0, 0.1) is 10.1 Å². The van der Waals surface area contributed by atoms with Gasteiger partial charge in [-0.3, -0.25) is 14.9 Å². The molecule has 0 saturated carbocycles. The molecule has 1 N–H and O–H groups in total. The fourth-order valence-electron chi connectivity index (χ4n) is 1.81. The number of anilines is 1. The first-order valence-corrected chi connectivity index (χ1v) is 6.87. The van der Waals surface area contributed by atoms with E-state index >= 15 is 0 Å². The van der Waals surface area contributed by atoms with Crippen LogP contribution in [-0.2, 0) is 0 Å². The molecule has 0 unspecified atom stereocenters. The zero-order chi connectivity index (χ0) is 16.1. The van der Waals surface area contributed by atoms with E-state index in [0.29, 0.717) is 17.9 Å². The highest BCUT2D eigenvalue weighted by atomic mass is 35.5. The molecule has 1 amide bonds. The summed E-state index contributed by atoms with van der Waals surface area (Å²) in [6.45, 7) is 2.33. The van der Waals surface area contributed by atoms with E-state index in [2.05, 4.69) is 5.32 Å². The van der Waals surface area contributed by atoms with Gasteiger partial charge in [0.05, 0.1) is 22.2 Å². The highest BCUT2D eigenvalue weighted by molar-refractivity contribution is 6.34. The van der Waals surface area contributed by atoms with Crippen LogP contribution in [-0.4, -0.2) is 17.4 Å². The normalized spacial score (nSPS) is 10.1. The molecule has 0 fully saturated rings. The number of hydrogen-bond acceptors (Lipinski definition) is 4. The zero-order valence-electron chi connectivity index (χ0n) is 11.7. The lowest BCUT2D eigenvalue weighted by atomic mass is 10.2. The molecule has 0 aliphatic heterocycles. The van der Waals surface area contributed by atoms with Gasteiger partial charge in [0, 0.05) is 17.7 Å². The molecule has 0 bridgehead atoms. The Labute approximate surface area is 131 Å². The number of nitro groups is 1. The number of rotatable bonds is 5. The molecule has 6 nitrogen and oxygen atoms in total. The van der Waals surface area contributed by atoms with Gasteiger partial charge in [0.25, 0.3) is 11.6 Å². The lowest BCUT2D eigenvalue weighted by Crippen LogP contribution is -2.12. The van der Waals surface area contributed by atoms with Crippen LogP contribution >= 0.6 is 11.6 Å². The quantitative estimate of drug-likeness (QED) is 0.669. The van der Waals surface area contributed by atoms with Crippen LogP contribution in [0.2, 0.25) is 5.02 Å². The van der Waals surface area contributed by atoms with Gasteiger partial charge < -0.3 is 10.1 Å². The maximum Gasteiger partial charge on any atom is 0.271 e. The van der Waals surface area contributed by atoms with Crippen molar-refractivity contribution in [3.63, 3.8) is 0 Å². The average molecular weight is 321 g/mol. The molecule has 0 spiro atoms. The minimum absolute atomic E-state index is 0.150. The summed E-state index contributed by atoms with van der Waals surface area (Å²) in [5.41, 5.74) is 0.402. The van der Waals surface area contributed by atoms with Crippen LogP contribution in [0.1, 0.15) is 17.3 Å². The molecule has 7 heteroatoms. The first-order valence-electron chi connectivity index (χ1n) is 6.49. The van der Waals surface area contributed by atoms with Crippen molar-refractivity contribution >= 4 is 28.9 Å². The lowest BCUT2D eigenvalue weighted by molar-refractivity contribution is -0.384. The molecular formula is C15H13ClN2O4. The number of ether oxygens (including phenoxy) is 1. The number of benzene rings is 2. The number of non-ortho nitro benzene ring substituents is 1. The monoisotopic (exact) mass is 320 g/mol. The summed E-state index contributed by atoms with van der Waals surface area (Å²) in [6.07, 6.45) is 0. The lowest BCUT2D eigenvalue weighted by Gasteiger charge is -2.08. The molecule has 114 valence electrons. The molecule has 0 aliphatic carbocycles. The fraction of sp³-hybridized carbons (Fsp3) is 0.133. The SMILES string of the molecule is CCOc1cccc(C(=O)Nc2cc([N+](=O)[O-])ccc2Cl)c1. The molecule has 0 atom stereocenters. The Morgan fingerprint density at radius 2 is 2.09 bits per heavy atom. The van der Waals surface area contributed by atoms with Crippen molar-refractivity contribution in [3.05, 3.63) is 63.2 Å². The molecule has 0 radical (unpaired) electrons. The summed E-state index contributed by atoms with van der Waals surface area (Å²) >= 11 is 5.95. The molecular weight excluding hydrogens is 308 g/mol. The average Bonchev–Trinajstić information content (AvgIpc) is 2.50. The smallest absolute Gasteiger partial charge is 0.271 e. The molecule has 0 saturated heterocycles. The van der Waals surface area contributed by atoms with Gasteiger partial charge in [0.2, 0.25) is 0 Å². The van der Waals surface area contributed by atoms with Crippen LogP contribution < -0.4 is 10.1 Å². The van der Waals surface area contributed by atoms with E-state index in [1.807, 2.05) is 6.92 Å². The van der Waals surface area contributed by atoms with Gasteiger partial charge >= 0.3 is 0 Å². The van der Waals surface area contributed by atoms with Gasteiger partial charge in [-0.15, -0.1) is 0 Å². The number of halogens is 1. The van der Waals surface area contributed by atoms with Crippen LogP contribution in [0.15, 0.2) is 42.5 Å². The predicted octanol–water partition coefficient (Wildman–Crippen LogP) is 3.90. The van der Waals surface area contributed by atoms with Gasteiger partial charge in [0.1, 0.15) is 5.75 Å². The first kappa shape index (κ1) is 15.8. The van der Waals surface area contributed by atoms with Gasteiger partial charge in [-0.2, -0.15) is 0 Å². The number of carbonyl (C=O) groups is 1. The summed E-state index contributed by atoms with van der Waals surface area (Å²) in [5.74, 6) is 0.143. The van der Waals surface area contributed by atoms with E-state index in [0.717, 1.165) is 0 Å².